The van der Waals surface area contributed by atoms with Crippen molar-refractivity contribution < 1.29 is 9.59 Å². The first kappa shape index (κ1) is 21.6. The molecule has 1 aliphatic carbocycles. The van der Waals surface area contributed by atoms with Crippen molar-refractivity contribution in [3.63, 3.8) is 0 Å². The molecule has 0 atom stereocenters. The summed E-state index contributed by atoms with van der Waals surface area (Å²) in [5, 5.41) is 5.73. The van der Waals surface area contributed by atoms with E-state index in [1.54, 1.807) is 47.8 Å². The van der Waals surface area contributed by atoms with E-state index in [0.29, 0.717) is 21.8 Å². The molecule has 33 heavy (non-hydrogen) atoms. The molecule has 0 bridgehead atoms. The Balaban J connectivity index is 1.32. The largest absolute Gasteiger partial charge is 0.397 e. The fourth-order valence-corrected chi connectivity index (χ4v) is 5.66. The maximum atomic E-state index is 12.9. The van der Waals surface area contributed by atoms with Gasteiger partial charge in [-0.3, -0.25) is 9.59 Å². The number of carbonyl (C=O) groups excluding carboxylic acids is 2. The molecule has 7 heteroatoms. The molecule has 3 aromatic heterocycles. The number of hydrogen-bond acceptors (Lipinski definition) is 6. The molecule has 5 rings (SSSR count). The molecular formula is C26H23N3O2S2. The zero-order chi connectivity index (χ0) is 22.8. The number of benzene rings is 1. The molecule has 3 N–H and O–H groups in total. The third-order valence-corrected chi connectivity index (χ3v) is 7.78. The number of ketones is 1. The van der Waals surface area contributed by atoms with Crippen molar-refractivity contribution >= 4 is 62.0 Å². The molecule has 1 aliphatic rings. The second kappa shape index (κ2) is 9.29. The number of amides is 1. The second-order valence-electron chi connectivity index (χ2n) is 8.10. The zero-order valence-electron chi connectivity index (χ0n) is 18.0. The van der Waals surface area contributed by atoms with Crippen LogP contribution in [0.5, 0.6) is 0 Å². The quantitative estimate of drug-likeness (QED) is 0.201. The number of fused-ring (bicyclic) bond motifs is 2. The first-order valence-corrected chi connectivity index (χ1v) is 12.7. The van der Waals surface area contributed by atoms with Gasteiger partial charge in [-0.1, -0.05) is 12.5 Å². The highest BCUT2D eigenvalue weighted by atomic mass is 32.1. The van der Waals surface area contributed by atoms with Crippen LogP contribution in [-0.4, -0.2) is 16.7 Å². The topological polar surface area (TPSA) is 85.1 Å². The highest BCUT2D eigenvalue weighted by Crippen LogP contribution is 2.35. The second-order valence-corrected chi connectivity index (χ2v) is 10.1. The van der Waals surface area contributed by atoms with E-state index in [2.05, 4.69) is 11.4 Å². The Morgan fingerprint density at radius 3 is 2.67 bits per heavy atom. The van der Waals surface area contributed by atoms with E-state index in [-0.39, 0.29) is 11.7 Å². The fraction of sp³-hybridized carbons (Fsp3) is 0.192. The summed E-state index contributed by atoms with van der Waals surface area (Å²) in [5.41, 5.74) is 10.4. The minimum atomic E-state index is -0.262. The number of thiophene rings is 2. The molecule has 0 aliphatic heterocycles. The van der Waals surface area contributed by atoms with Crippen molar-refractivity contribution in [2.75, 3.05) is 11.1 Å². The highest BCUT2D eigenvalue weighted by Gasteiger charge is 2.20. The summed E-state index contributed by atoms with van der Waals surface area (Å²) >= 11 is 2.91. The normalized spacial score (nSPS) is 13.7. The zero-order valence-corrected chi connectivity index (χ0v) is 19.6. The van der Waals surface area contributed by atoms with Gasteiger partial charge in [0.15, 0.2) is 5.78 Å². The van der Waals surface area contributed by atoms with E-state index in [4.69, 9.17) is 10.7 Å². The number of nitrogens with zero attached hydrogens (tertiary/aromatic N) is 1. The molecule has 4 aromatic rings. The number of carbonyl (C=O) groups is 2. The Kier molecular flexibility index (Phi) is 6.07. The van der Waals surface area contributed by atoms with Crippen LogP contribution in [0, 0.1) is 0 Å². The first-order valence-electron chi connectivity index (χ1n) is 11.0. The van der Waals surface area contributed by atoms with Gasteiger partial charge in [-0.05, 0) is 85.2 Å². The van der Waals surface area contributed by atoms with Crippen LogP contribution in [0.2, 0.25) is 0 Å². The highest BCUT2D eigenvalue weighted by molar-refractivity contribution is 7.21. The Hall–Kier alpha value is -3.29. The maximum Gasteiger partial charge on any atom is 0.267 e. The summed E-state index contributed by atoms with van der Waals surface area (Å²) < 4.78 is 0. The van der Waals surface area contributed by atoms with Gasteiger partial charge < -0.3 is 11.1 Å². The van der Waals surface area contributed by atoms with Crippen molar-refractivity contribution in [2.45, 2.75) is 32.1 Å². The van der Waals surface area contributed by atoms with Crippen molar-refractivity contribution in [1.82, 2.24) is 4.98 Å². The van der Waals surface area contributed by atoms with Crippen LogP contribution < -0.4 is 11.1 Å². The summed E-state index contributed by atoms with van der Waals surface area (Å²) in [6.45, 7) is 0. The maximum absolute atomic E-state index is 12.9. The Bertz CT molecular complexity index is 1350. The van der Waals surface area contributed by atoms with Gasteiger partial charge >= 0.3 is 0 Å². The monoisotopic (exact) mass is 473 g/mol. The number of aryl methyl sites for hydroxylation is 2. The van der Waals surface area contributed by atoms with Gasteiger partial charge in [0.25, 0.3) is 5.91 Å². The molecule has 3 heterocycles. The lowest BCUT2D eigenvalue weighted by molar-refractivity contribution is 0.102. The Morgan fingerprint density at radius 1 is 1.06 bits per heavy atom. The summed E-state index contributed by atoms with van der Waals surface area (Å²) in [4.78, 5) is 32.5. The number of anilines is 2. The van der Waals surface area contributed by atoms with Crippen molar-refractivity contribution in [1.29, 1.82) is 0 Å². The van der Waals surface area contributed by atoms with Crippen molar-refractivity contribution in [3.8, 4) is 0 Å². The molecule has 0 spiro atoms. The van der Waals surface area contributed by atoms with Gasteiger partial charge in [-0.15, -0.1) is 22.7 Å². The summed E-state index contributed by atoms with van der Waals surface area (Å²) in [6, 6.07) is 12.9. The molecule has 0 fully saturated rings. The van der Waals surface area contributed by atoms with E-state index in [1.807, 2.05) is 17.5 Å². The number of nitrogens with one attached hydrogen (secondary N) is 1. The van der Waals surface area contributed by atoms with Crippen LogP contribution in [0.15, 0.2) is 53.9 Å². The smallest absolute Gasteiger partial charge is 0.267 e. The van der Waals surface area contributed by atoms with Crippen molar-refractivity contribution in [3.05, 3.63) is 80.5 Å². The summed E-state index contributed by atoms with van der Waals surface area (Å²) in [6.07, 6.45) is 8.91. The van der Waals surface area contributed by atoms with Gasteiger partial charge in [0.05, 0.1) is 5.69 Å². The average molecular weight is 474 g/mol. The van der Waals surface area contributed by atoms with E-state index in [9.17, 15) is 9.59 Å². The average Bonchev–Trinajstić information content (AvgIpc) is 3.38. The minimum Gasteiger partial charge on any atom is -0.397 e. The number of aromatic nitrogens is 1. The molecule has 166 valence electrons. The van der Waals surface area contributed by atoms with E-state index in [0.717, 1.165) is 40.1 Å². The van der Waals surface area contributed by atoms with Crippen LogP contribution in [-0.2, 0) is 12.8 Å². The summed E-state index contributed by atoms with van der Waals surface area (Å²) in [5.74, 6) is -0.344. The Labute approximate surface area is 200 Å². The molecular weight excluding hydrogens is 450 g/mol. The van der Waals surface area contributed by atoms with Gasteiger partial charge in [0, 0.05) is 27.2 Å². The number of rotatable bonds is 5. The van der Waals surface area contributed by atoms with Crippen LogP contribution in [0.3, 0.4) is 0 Å². The van der Waals surface area contributed by atoms with E-state index >= 15 is 0 Å². The van der Waals surface area contributed by atoms with Crippen molar-refractivity contribution in [2.24, 2.45) is 0 Å². The minimum absolute atomic E-state index is 0.0825. The summed E-state index contributed by atoms with van der Waals surface area (Å²) in [7, 11) is 0. The number of hydrogen-bond donors (Lipinski definition) is 2. The van der Waals surface area contributed by atoms with Crippen LogP contribution >= 0.6 is 22.7 Å². The number of allylic oxidation sites excluding steroid dienone is 1. The van der Waals surface area contributed by atoms with Gasteiger partial charge in [0.1, 0.15) is 9.71 Å². The van der Waals surface area contributed by atoms with Crippen LogP contribution in [0.1, 0.15) is 55.4 Å². The molecule has 1 aromatic carbocycles. The number of nitrogens with two attached hydrogens (primary N) is 1. The predicted molar refractivity (Wildman–Crippen MR) is 137 cm³/mol. The third-order valence-electron chi connectivity index (χ3n) is 5.83. The van der Waals surface area contributed by atoms with Crippen LogP contribution in [0.25, 0.3) is 16.3 Å². The molecule has 0 saturated heterocycles. The van der Waals surface area contributed by atoms with Gasteiger partial charge in [-0.25, -0.2) is 4.98 Å². The fourth-order valence-electron chi connectivity index (χ4n) is 4.05. The molecule has 0 unspecified atom stereocenters. The first-order chi connectivity index (χ1) is 16.1. The SMILES string of the molecule is Nc1c(C(=O)Nc2ccc(C(=O)C=Cc3cccs3)cc2)sc2nc3c(cc12)CCCCC3. The Morgan fingerprint density at radius 2 is 1.88 bits per heavy atom. The third kappa shape index (κ3) is 4.60. The lowest BCUT2D eigenvalue weighted by atomic mass is 10.1. The van der Waals surface area contributed by atoms with Gasteiger partial charge in [-0.2, -0.15) is 0 Å². The molecule has 1 amide bonds. The number of pyridine rings is 1. The number of nitrogen functional groups attached to an aromatic ring is 1. The van der Waals surface area contributed by atoms with E-state index in [1.165, 1.54) is 29.7 Å². The standard InChI is InChI=1S/C26H23N3O2S2/c27-23-20-15-17-5-2-1-3-7-21(17)29-26(20)33-24(23)25(31)28-18-10-8-16(9-11-18)22(30)13-12-19-6-4-14-32-19/h4,6,8-15H,1-3,5,7,27H2,(H,28,31). The lowest BCUT2D eigenvalue weighted by Crippen LogP contribution is -2.12. The molecule has 5 nitrogen and oxygen atoms in total. The van der Waals surface area contributed by atoms with Crippen LogP contribution in [0.4, 0.5) is 11.4 Å². The lowest BCUT2D eigenvalue weighted by Gasteiger charge is -2.05. The molecule has 0 radical (unpaired) electrons. The predicted octanol–water partition coefficient (Wildman–Crippen LogP) is 6.36. The van der Waals surface area contributed by atoms with E-state index < -0.39 is 0 Å². The van der Waals surface area contributed by atoms with Gasteiger partial charge in [0.2, 0.25) is 0 Å². The molecule has 0 saturated carbocycles.